The van der Waals surface area contributed by atoms with Crippen LogP contribution in [0.2, 0.25) is 0 Å². The predicted octanol–water partition coefficient (Wildman–Crippen LogP) is 6.47. The maximum Gasteiger partial charge on any atom is 0.238 e. The van der Waals surface area contributed by atoms with Crippen molar-refractivity contribution in [3.63, 3.8) is 0 Å². The van der Waals surface area contributed by atoms with Crippen molar-refractivity contribution in [2.75, 3.05) is 25.2 Å². The normalized spacial score (nSPS) is 18.8. The molecule has 0 aliphatic carbocycles. The molecule has 194 valence electrons. The van der Waals surface area contributed by atoms with Gasteiger partial charge in [-0.05, 0) is 85.0 Å². The Balaban J connectivity index is 1.40. The molecule has 1 fully saturated rings. The van der Waals surface area contributed by atoms with Gasteiger partial charge < -0.3 is 14.8 Å². The Kier molecular flexibility index (Phi) is 7.20. The number of rotatable bonds is 7. The van der Waals surface area contributed by atoms with Gasteiger partial charge in [0.05, 0.1) is 6.54 Å². The van der Waals surface area contributed by atoms with E-state index in [4.69, 9.17) is 9.47 Å². The first kappa shape index (κ1) is 25.3. The molecule has 0 bridgehead atoms. The van der Waals surface area contributed by atoms with Crippen LogP contribution in [0, 0.1) is 19.7 Å². The summed E-state index contributed by atoms with van der Waals surface area (Å²) in [4.78, 5) is 15.7. The van der Waals surface area contributed by atoms with Crippen LogP contribution in [0.3, 0.4) is 0 Å². The SMILES string of the molecule is CCc1cc(F)cc(CC)c1NC(=O)CN1CC(c2cc(C)c3c(c2)OCO3)C[C@@H]1c1ccc(C)cc1. The topological polar surface area (TPSA) is 50.8 Å². The molecular weight excluding hydrogens is 467 g/mol. The molecule has 0 aromatic heterocycles. The number of halogens is 1. The van der Waals surface area contributed by atoms with Gasteiger partial charge in [-0.1, -0.05) is 49.7 Å². The number of likely N-dealkylation sites (tertiary alicyclic amines) is 1. The molecule has 3 aromatic carbocycles. The Morgan fingerprint density at radius 2 is 1.70 bits per heavy atom. The summed E-state index contributed by atoms with van der Waals surface area (Å²) in [7, 11) is 0. The molecule has 0 radical (unpaired) electrons. The summed E-state index contributed by atoms with van der Waals surface area (Å²) < 4.78 is 25.4. The summed E-state index contributed by atoms with van der Waals surface area (Å²) >= 11 is 0. The third kappa shape index (κ3) is 5.21. The van der Waals surface area contributed by atoms with Gasteiger partial charge in [0.15, 0.2) is 11.5 Å². The number of ether oxygens (including phenoxy) is 2. The molecule has 0 spiro atoms. The van der Waals surface area contributed by atoms with Crippen molar-refractivity contribution in [3.8, 4) is 11.5 Å². The van der Waals surface area contributed by atoms with E-state index in [1.165, 1.54) is 28.8 Å². The van der Waals surface area contributed by atoms with E-state index in [1.807, 2.05) is 20.8 Å². The van der Waals surface area contributed by atoms with Crippen molar-refractivity contribution in [3.05, 3.63) is 87.7 Å². The van der Waals surface area contributed by atoms with Crippen LogP contribution in [0.1, 0.15) is 65.6 Å². The smallest absolute Gasteiger partial charge is 0.238 e. The van der Waals surface area contributed by atoms with Crippen LogP contribution >= 0.6 is 0 Å². The zero-order valence-electron chi connectivity index (χ0n) is 22.1. The van der Waals surface area contributed by atoms with Gasteiger partial charge in [-0.3, -0.25) is 9.69 Å². The maximum absolute atomic E-state index is 14.1. The average molecular weight is 503 g/mol. The maximum atomic E-state index is 14.1. The molecule has 2 aliphatic rings. The Morgan fingerprint density at radius 3 is 2.38 bits per heavy atom. The Hall–Kier alpha value is -3.38. The number of hydrogen-bond acceptors (Lipinski definition) is 4. The zero-order valence-corrected chi connectivity index (χ0v) is 22.1. The molecule has 3 aromatic rings. The lowest BCUT2D eigenvalue weighted by Gasteiger charge is -2.25. The fraction of sp³-hybridized carbons (Fsp3) is 0.387. The van der Waals surface area contributed by atoms with Gasteiger partial charge in [-0.25, -0.2) is 4.39 Å². The van der Waals surface area contributed by atoms with Crippen LogP contribution in [0.15, 0.2) is 48.5 Å². The third-order valence-corrected chi connectivity index (χ3v) is 7.66. The highest BCUT2D eigenvalue weighted by atomic mass is 19.1. The minimum absolute atomic E-state index is 0.0735. The molecule has 37 heavy (non-hydrogen) atoms. The molecular formula is C31H35FN2O3. The van der Waals surface area contributed by atoms with Crippen LogP contribution in [0.4, 0.5) is 10.1 Å². The number of carbonyl (C=O) groups is 1. The van der Waals surface area contributed by atoms with E-state index in [0.29, 0.717) is 12.8 Å². The van der Waals surface area contributed by atoms with Crippen molar-refractivity contribution < 1.29 is 18.7 Å². The van der Waals surface area contributed by atoms with Crippen molar-refractivity contribution >= 4 is 11.6 Å². The number of hydrogen-bond donors (Lipinski definition) is 1. The van der Waals surface area contributed by atoms with Gasteiger partial charge in [0.2, 0.25) is 12.7 Å². The molecule has 1 amide bonds. The second-order valence-corrected chi connectivity index (χ2v) is 10.2. The van der Waals surface area contributed by atoms with E-state index in [0.717, 1.165) is 46.8 Å². The summed E-state index contributed by atoms with van der Waals surface area (Å²) in [5.41, 5.74) is 7.12. The van der Waals surface area contributed by atoms with Gasteiger partial charge >= 0.3 is 0 Å². The molecule has 1 unspecified atom stereocenters. The summed E-state index contributed by atoms with van der Waals surface area (Å²) in [6.45, 7) is 9.38. The molecule has 1 N–H and O–H groups in total. The third-order valence-electron chi connectivity index (χ3n) is 7.66. The lowest BCUT2D eigenvalue weighted by atomic mass is 9.92. The first-order valence-corrected chi connectivity index (χ1v) is 13.2. The van der Waals surface area contributed by atoms with Crippen LogP contribution in [-0.4, -0.2) is 30.7 Å². The highest BCUT2D eigenvalue weighted by molar-refractivity contribution is 5.94. The van der Waals surface area contributed by atoms with Gasteiger partial charge in [0, 0.05) is 18.3 Å². The predicted molar refractivity (Wildman–Crippen MR) is 144 cm³/mol. The van der Waals surface area contributed by atoms with Crippen molar-refractivity contribution in [2.45, 2.75) is 58.9 Å². The monoisotopic (exact) mass is 502 g/mol. The van der Waals surface area contributed by atoms with Crippen molar-refractivity contribution in [1.29, 1.82) is 0 Å². The number of carbonyl (C=O) groups excluding carboxylic acids is 1. The van der Waals surface area contributed by atoms with E-state index in [2.05, 4.69) is 53.5 Å². The second kappa shape index (κ2) is 10.5. The summed E-state index contributed by atoms with van der Waals surface area (Å²) in [5.74, 6) is 1.55. The standard InChI is InChI=1S/C31H35FN2O3/c1-5-21-12-26(32)13-22(6-2)30(21)33-29(35)17-34-16-25(14-27(34)23-9-7-19(3)8-10-23)24-11-20(4)31-28(15-24)36-18-37-31/h7-13,15,25,27H,5-6,14,16-18H2,1-4H3,(H,33,35)/t25?,27-/m1/s1. The Labute approximate surface area is 218 Å². The number of fused-ring (bicyclic) bond motifs is 1. The Morgan fingerprint density at radius 1 is 1.00 bits per heavy atom. The number of nitrogens with one attached hydrogen (secondary N) is 1. The minimum atomic E-state index is -0.257. The molecule has 5 nitrogen and oxygen atoms in total. The van der Waals surface area contributed by atoms with Gasteiger partial charge in [-0.15, -0.1) is 0 Å². The fourth-order valence-corrected chi connectivity index (χ4v) is 5.71. The van der Waals surface area contributed by atoms with Crippen LogP contribution < -0.4 is 14.8 Å². The number of amides is 1. The largest absolute Gasteiger partial charge is 0.454 e. The first-order valence-electron chi connectivity index (χ1n) is 13.2. The molecule has 6 heteroatoms. The minimum Gasteiger partial charge on any atom is -0.454 e. The van der Waals surface area contributed by atoms with Gasteiger partial charge in [0.25, 0.3) is 0 Å². The van der Waals surface area contributed by atoms with E-state index >= 15 is 0 Å². The quantitative estimate of drug-likeness (QED) is 0.403. The average Bonchev–Trinajstić information content (AvgIpc) is 3.53. The summed E-state index contributed by atoms with van der Waals surface area (Å²) in [6.07, 6.45) is 2.22. The molecule has 2 atom stereocenters. The van der Waals surface area contributed by atoms with Crippen molar-refractivity contribution in [1.82, 2.24) is 4.90 Å². The van der Waals surface area contributed by atoms with E-state index in [1.54, 1.807) is 0 Å². The number of benzene rings is 3. The van der Waals surface area contributed by atoms with Gasteiger partial charge in [-0.2, -0.15) is 0 Å². The van der Waals surface area contributed by atoms with Crippen LogP contribution in [0.25, 0.3) is 0 Å². The first-order chi connectivity index (χ1) is 17.9. The highest BCUT2D eigenvalue weighted by Gasteiger charge is 2.36. The summed E-state index contributed by atoms with van der Waals surface area (Å²) in [6, 6.07) is 16.0. The van der Waals surface area contributed by atoms with Crippen LogP contribution in [-0.2, 0) is 17.6 Å². The molecule has 1 saturated heterocycles. The second-order valence-electron chi connectivity index (χ2n) is 10.2. The molecule has 5 rings (SSSR count). The number of anilines is 1. The molecule has 0 saturated carbocycles. The lowest BCUT2D eigenvalue weighted by molar-refractivity contribution is -0.117. The summed E-state index contributed by atoms with van der Waals surface area (Å²) in [5, 5.41) is 3.13. The van der Waals surface area contributed by atoms with Gasteiger partial charge in [0.1, 0.15) is 5.82 Å². The lowest BCUT2D eigenvalue weighted by Crippen LogP contribution is -2.33. The number of nitrogens with zero attached hydrogens (tertiary/aromatic N) is 1. The Bertz CT molecular complexity index is 1280. The highest BCUT2D eigenvalue weighted by Crippen LogP contribution is 2.44. The molecule has 2 aliphatic heterocycles. The van der Waals surface area contributed by atoms with E-state index in [-0.39, 0.29) is 37.0 Å². The zero-order chi connectivity index (χ0) is 26.1. The number of aryl methyl sites for hydroxylation is 4. The van der Waals surface area contributed by atoms with E-state index < -0.39 is 0 Å². The van der Waals surface area contributed by atoms with E-state index in [9.17, 15) is 9.18 Å². The van der Waals surface area contributed by atoms with Crippen molar-refractivity contribution in [2.24, 2.45) is 0 Å². The fourth-order valence-electron chi connectivity index (χ4n) is 5.71. The molecule has 2 heterocycles. The van der Waals surface area contributed by atoms with Crippen LogP contribution in [0.5, 0.6) is 11.5 Å².